The maximum Gasteiger partial charge on any atom is 0.193 e. The van der Waals surface area contributed by atoms with Gasteiger partial charge in [-0.2, -0.15) is 0 Å². The summed E-state index contributed by atoms with van der Waals surface area (Å²) >= 11 is 0. The van der Waals surface area contributed by atoms with E-state index in [1.165, 1.54) is 0 Å². The minimum atomic E-state index is -0.0196. The van der Waals surface area contributed by atoms with E-state index in [4.69, 9.17) is 18.9 Å². The summed E-state index contributed by atoms with van der Waals surface area (Å²) in [6.45, 7) is 6.69. The molecule has 0 spiro atoms. The molecule has 1 aromatic rings. The summed E-state index contributed by atoms with van der Waals surface area (Å²) < 4.78 is 22.0. The van der Waals surface area contributed by atoms with Crippen LogP contribution in [-0.2, 0) is 9.47 Å². The fourth-order valence-corrected chi connectivity index (χ4v) is 3.10. The van der Waals surface area contributed by atoms with E-state index in [0.717, 1.165) is 43.6 Å². The molecule has 152 valence electrons. The van der Waals surface area contributed by atoms with Crippen molar-refractivity contribution in [1.82, 2.24) is 10.2 Å². The van der Waals surface area contributed by atoms with E-state index in [1.807, 2.05) is 38.2 Å². The van der Waals surface area contributed by atoms with Crippen molar-refractivity contribution in [3.8, 4) is 11.5 Å². The second-order valence-corrected chi connectivity index (χ2v) is 6.68. The lowest BCUT2D eigenvalue weighted by atomic mass is 10.1. The predicted octanol–water partition coefficient (Wildman–Crippen LogP) is 2.02. The second kappa shape index (κ2) is 11.7. The Balaban J connectivity index is 1.75. The quantitative estimate of drug-likeness (QED) is 0.381. The molecule has 1 aliphatic rings. The van der Waals surface area contributed by atoms with Gasteiger partial charge in [0.2, 0.25) is 0 Å². The maximum atomic E-state index is 6.00. The molecule has 1 N–H and O–H groups in total. The van der Waals surface area contributed by atoms with Crippen molar-refractivity contribution in [2.24, 2.45) is 10.9 Å². The topological polar surface area (TPSA) is 64.6 Å². The molecule has 0 saturated carbocycles. The van der Waals surface area contributed by atoms with Crippen LogP contribution in [0.2, 0.25) is 0 Å². The van der Waals surface area contributed by atoms with Gasteiger partial charge in [-0.05, 0) is 25.5 Å². The lowest BCUT2D eigenvalue weighted by Gasteiger charge is -2.24. The average molecular weight is 380 g/mol. The molecule has 1 saturated heterocycles. The van der Waals surface area contributed by atoms with Gasteiger partial charge in [-0.3, -0.25) is 4.99 Å². The molecule has 7 heteroatoms. The first-order valence-corrected chi connectivity index (χ1v) is 9.49. The summed E-state index contributed by atoms with van der Waals surface area (Å²) in [7, 11) is 5.15. The number of aliphatic imine (C=N–C) groups is 1. The average Bonchev–Trinajstić information content (AvgIpc) is 3.15. The van der Waals surface area contributed by atoms with Crippen molar-refractivity contribution in [2.75, 3.05) is 60.7 Å². The zero-order valence-corrected chi connectivity index (χ0v) is 16.9. The molecule has 0 bridgehead atoms. The Labute approximate surface area is 162 Å². The third-order valence-electron chi connectivity index (χ3n) is 4.53. The molecule has 2 rings (SSSR count). The molecule has 1 heterocycles. The van der Waals surface area contributed by atoms with Crippen molar-refractivity contribution in [2.45, 2.75) is 19.4 Å². The predicted molar refractivity (Wildman–Crippen MR) is 107 cm³/mol. The van der Waals surface area contributed by atoms with Crippen LogP contribution in [0.15, 0.2) is 29.3 Å². The minimum Gasteiger partial charge on any atom is -0.493 e. The van der Waals surface area contributed by atoms with Gasteiger partial charge in [-0.15, -0.1) is 0 Å². The first-order chi connectivity index (χ1) is 13.2. The summed E-state index contributed by atoms with van der Waals surface area (Å²) in [6.07, 6.45) is 1.09. The van der Waals surface area contributed by atoms with E-state index in [0.29, 0.717) is 25.7 Å². The molecule has 1 aromatic carbocycles. The molecule has 0 aromatic heterocycles. The molecule has 0 amide bonds. The number of nitrogens with zero attached hydrogens (tertiary/aromatic N) is 2. The Morgan fingerprint density at radius 3 is 2.74 bits per heavy atom. The molecule has 1 fully saturated rings. The van der Waals surface area contributed by atoms with Gasteiger partial charge in [0, 0.05) is 33.2 Å². The molecule has 0 radical (unpaired) electrons. The van der Waals surface area contributed by atoms with E-state index in [-0.39, 0.29) is 6.10 Å². The first-order valence-electron chi connectivity index (χ1n) is 9.49. The van der Waals surface area contributed by atoms with Gasteiger partial charge in [0.05, 0.1) is 33.5 Å². The van der Waals surface area contributed by atoms with Gasteiger partial charge >= 0.3 is 0 Å². The number of hydrogen-bond acceptors (Lipinski definition) is 5. The standard InChI is InChI=1S/C20H33N3O4/c1-16(27-19-8-6-5-7-18(19)25-4)13-22-20(21-2)23-10-9-17(14-23)15-26-12-11-24-3/h5-8,16-17H,9-15H2,1-4H3,(H,21,22). The highest BCUT2D eigenvalue weighted by molar-refractivity contribution is 5.80. The lowest BCUT2D eigenvalue weighted by molar-refractivity contribution is 0.0536. The van der Waals surface area contributed by atoms with Gasteiger partial charge < -0.3 is 29.2 Å². The van der Waals surface area contributed by atoms with Crippen molar-refractivity contribution >= 4 is 5.96 Å². The summed E-state index contributed by atoms with van der Waals surface area (Å²) in [5.41, 5.74) is 0. The third kappa shape index (κ3) is 6.92. The first kappa shape index (κ1) is 21.3. The third-order valence-corrected chi connectivity index (χ3v) is 4.53. The summed E-state index contributed by atoms with van der Waals surface area (Å²) in [6, 6.07) is 7.68. The van der Waals surface area contributed by atoms with Crippen LogP contribution in [0.5, 0.6) is 11.5 Å². The van der Waals surface area contributed by atoms with E-state index in [2.05, 4.69) is 15.2 Å². The van der Waals surface area contributed by atoms with Crippen LogP contribution in [0.25, 0.3) is 0 Å². The second-order valence-electron chi connectivity index (χ2n) is 6.68. The number of hydrogen-bond donors (Lipinski definition) is 1. The Morgan fingerprint density at radius 1 is 1.26 bits per heavy atom. The summed E-state index contributed by atoms with van der Waals surface area (Å²) in [5.74, 6) is 2.93. The number of ether oxygens (including phenoxy) is 4. The molecule has 2 atom stereocenters. The minimum absolute atomic E-state index is 0.0196. The zero-order chi connectivity index (χ0) is 19.5. The Kier molecular flexibility index (Phi) is 9.21. The van der Waals surface area contributed by atoms with E-state index >= 15 is 0 Å². The number of para-hydroxylation sites is 2. The van der Waals surface area contributed by atoms with Crippen LogP contribution >= 0.6 is 0 Å². The van der Waals surface area contributed by atoms with E-state index < -0.39 is 0 Å². The van der Waals surface area contributed by atoms with Crippen LogP contribution in [0.1, 0.15) is 13.3 Å². The maximum absolute atomic E-state index is 6.00. The van der Waals surface area contributed by atoms with Crippen LogP contribution in [0.3, 0.4) is 0 Å². The van der Waals surface area contributed by atoms with Gasteiger partial charge in [0.25, 0.3) is 0 Å². The fraction of sp³-hybridized carbons (Fsp3) is 0.650. The van der Waals surface area contributed by atoms with Crippen molar-refractivity contribution in [3.05, 3.63) is 24.3 Å². The van der Waals surface area contributed by atoms with Crippen LogP contribution in [-0.4, -0.2) is 77.7 Å². The van der Waals surface area contributed by atoms with Crippen molar-refractivity contribution in [1.29, 1.82) is 0 Å². The number of rotatable bonds is 10. The van der Waals surface area contributed by atoms with Crippen molar-refractivity contribution in [3.63, 3.8) is 0 Å². The van der Waals surface area contributed by atoms with Gasteiger partial charge in [-0.1, -0.05) is 12.1 Å². The Hall–Kier alpha value is -1.99. The normalized spacial score (nSPS) is 18.4. The summed E-state index contributed by atoms with van der Waals surface area (Å²) in [5, 5.41) is 3.42. The highest BCUT2D eigenvalue weighted by atomic mass is 16.5. The van der Waals surface area contributed by atoms with Gasteiger partial charge in [0.15, 0.2) is 17.5 Å². The van der Waals surface area contributed by atoms with Gasteiger partial charge in [0.1, 0.15) is 6.10 Å². The monoisotopic (exact) mass is 379 g/mol. The Morgan fingerprint density at radius 2 is 2.04 bits per heavy atom. The number of likely N-dealkylation sites (tertiary alicyclic amines) is 1. The van der Waals surface area contributed by atoms with Crippen molar-refractivity contribution < 1.29 is 18.9 Å². The number of methoxy groups -OCH3 is 2. The molecule has 0 aliphatic carbocycles. The highest BCUT2D eigenvalue weighted by Gasteiger charge is 2.25. The highest BCUT2D eigenvalue weighted by Crippen LogP contribution is 2.26. The van der Waals surface area contributed by atoms with E-state index in [1.54, 1.807) is 14.2 Å². The smallest absolute Gasteiger partial charge is 0.193 e. The SMILES string of the molecule is CN=C(NCC(C)Oc1ccccc1OC)N1CCC(COCCOC)C1. The van der Waals surface area contributed by atoms with Gasteiger partial charge in [-0.25, -0.2) is 0 Å². The molecule has 2 unspecified atom stereocenters. The summed E-state index contributed by atoms with van der Waals surface area (Å²) in [4.78, 5) is 6.70. The fourth-order valence-electron chi connectivity index (χ4n) is 3.10. The zero-order valence-electron chi connectivity index (χ0n) is 16.9. The molecular weight excluding hydrogens is 346 g/mol. The number of guanidine groups is 1. The number of nitrogens with one attached hydrogen (secondary N) is 1. The number of benzene rings is 1. The largest absolute Gasteiger partial charge is 0.493 e. The molecule has 27 heavy (non-hydrogen) atoms. The molecule has 1 aliphatic heterocycles. The van der Waals surface area contributed by atoms with Crippen LogP contribution < -0.4 is 14.8 Å². The molecule has 7 nitrogen and oxygen atoms in total. The Bertz CT molecular complexity index is 582. The lowest BCUT2D eigenvalue weighted by Crippen LogP contribution is -2.43. The van der Waals surface area contributed by atoms with E-state index in [9.17, 15) is 0 Å². The van der Waals surface area contributed by atoms with Crippen LogP contribution in [0, 0.1) is 5.92 Å². The molecular formula is C20H33N3O4. The van der Waals surface area contributed by atoms with Crippen LogP contribution in [0.4, 0.5) is 0 Å².